The largest absolute Gasteiger partial charge is 0.396 e. The highest BCUT2D eigenvalue weighted by molar-refractivity contribution is 4.88. The summed E-state index contributed by atoms with van der Waals surface area (Å²) in [5, 5.41) is 9.03. The molecule has 0 aromatic heterocycles. The summed E-state index contributed by atoms with van der Waals surface area (Å²) in [7, 11) is 0. The van der Waals surface area contributed by atoms with Crippen LogP contribution in [0.3, 0.4) is 0 Å². The minimum atomic E-state index is 0.382. The van der Waals surface area contributed by atoms with Gasteiger partial charge in [0.2, 0.25) is 0 Å². The molecule has 0 unspecified atom stereocenters. The van der Waals surface area contributed by atoms with Gasteiger partial charge in [-0.05, 0) is 37.1 Å². The Morgan fingerprint density at radius 1 is 1.46 bits per heavy atom. The molecule has 1 N–H and O–H groups in total. The first-order valence-corrected chi connectivity index (χ1v) is 5.55. The Hall–Kier alpha value is -0.0800. The Labute approximate surface area is 80.9 Å². The molecule has 0 spiro atoms. The summed E-state index contributed by atoms with van der Waals surface area (Å²) >= 11 is 0. The maximum absolute atomic E-state index is 9.03. The van der Waals surface area contributed by atoms with Crippen molar-refractivity contribution in [3.8, 4) is 0 Å². The van der Waals surface area contributed by atoms with Crippen LogP contribution in [0.4, 0.5) is 0 Å². The van der Waals surface area contributed by atoms with Crippen molar-refractivity contribution in [3.63, 3.8) is 0 Å². The Balaban J connectivity index is 1.77. The number of aliphatic hydroxyl groups is 1. The molecule has 1 saturated heterocycles. The van der Waals surface area contributed by atoms with E-state index in [0.717, 1.165) is 6.54 Å². The van der Waals surface area contributed by atoms with Crippen LogP contribution in [0.15, 0.2) is 0 Å². The third-order valence-corrected chi connectivity index (χ3v) is 3.79. The van der Waals surface area contributed by atoms with Crippen molar-refractivity contribution in [1.29, 1.82) is 0 Å². The monoisotopic (exact) mass is 183 g/mol. The molecule has 0 bridgehead atoms. The molecule has 1 saturated carbocycles. The second-order valence-corrected chi connectivity index (χ2v) is 5.24. The van der Waals surface area contributed by atoms with Gasteiger partial charge in [-0.15, -0.1) is 0 Å². The molecule has 0 amide bonds. The average molecular weight is 183 g/mol. The molecule has 1 aliphatic heterocycles. The molecular formula is C11H21NO. The lowest BCUT2D eigenvalue weighted by Gasteiger charge is -2.41. The van der Waals surface area contributed by atoms with Crippen molar-refractivity contribution in [2.45, 2.75) is 32.6 Å². The molecule has 1 aliphatic carbocycles. The number of hydrogen-bond acceptors (Lipinski definition) is 2. The molecule has 13 heavy (non-hydrogen) atoms. The maximum Gasteiger partial charge on any atom is 0.0471 e. The number of rotatable bonds is 3. The van der Waals surface area contributed by atoms with Gasteiger partial charge in [-0.1, -0.05) is 13.3 Å². The average Bonchev–Trinajstić information content (AvgIpc) is 2.49. The van der Waals surface area contributed by atoms with E-state index in [1.165, 1.54) is 38.8 Å². The molecule has 0 radical (unpaired) electrons. The normalized spacial score (nSPS) is 33.2. The number of aliphatic hydroxyl groups excluding tert-OH is 1. The van der Waals surface area contributed by atoms with Gasteiger partial charge in [0.1, 0.15) is 0 Å². The van der Waals surface area contributed by atoms with Crippen LogP contribution < -0.4 is 0 Å². The fourth-order valence-corrected chi connectivity index (χ4v) is 2.68. The van der Waals surface area contributed by atoms with E-state index in [1.54, 1.807) is 0 Å². The van der Waals surface area contributed by atoms with Gasteiger partial charge in [-0.3, -0.25) is 0 Å². The first-order chi connectivity index (χ1) is 6.22. The third kappa shape index (κ3) is 2.05. The highest BCUT2D eigenvalue weighted by atomic mass is 16.3. The first kappa shape index (κ1) is 9.47. The molecule has 1 atom stereocenters. The molecule has 0 aromatic carbocycles. The number of nitrogens with zero attached hydrogens (tertiary/aromatic N) is 1. The lowest BCUT2D eigenvalue weighted by molar-refractivity contribution is 0.0940. The predicted octanol–water partition coefficient (Wildman–Crippen LogP) is 1.49. The van der Waals surface area contributed by atoms with Gasteiger partial charge < -0.3 is 10.0 Å². The predicted molar refractivity (Wildman–Crippen MR) is 53.6 cm³/mol. The standard InChI is InChI=1S/C11H21NO/c1-11(4-2-5-11)9-12-6-3-10(7-12)8-13/h10,13H,2-9H2,1H3/t10-/m1/s1. The highest BCUT2D eigenvalue weighted by Crippen LogP contribution is 2.41. The van der Waals surface area contributed by atoms with Crippen molar-refractivity contribution in [1.82, 2.24) is 4.90 Å². The molecule has 2 rings (SSSR count). The minimum absolute atomic E-state index is 0.382. The van der Waals surface area contributed by atoms with Crippen LogP contribution in [0.2, 0.25) is 0 Å². The lowest BCUT2D eigenvalue weighted by atomic mass is 9.70. The third-order valence-electron chi connectivity index (χ3n) is 3.79. The van der Waals surface area contributed by atoms with Crippen LogP contribution in [0.1, 0.15) is 32.6 Å². The van der Waals surface area contributed by atoms with Gasteiger partial charge >= 0.3 is 0 Å². The van der Waals surface area contributed by atoms with Crippen LogP contribution in [-0.4, -0.2) is 36.2 Å². The van der Waals surface area contributed by atoms with Crippen molar-refractivity contribution >= 4 is 0 Å². The summed E-state index contributed by atoms with van der Waals surface area (Å²) in [6, 6.07) is 0. The van der Waals surface area contributed by atoms with Crippen molar-refractivity contribution in [3.05, 3.63) is 0 Å². The molecule has 2 nitrogen and oxygen atoms in total. The molecule has 2 fully saturated rings. The summed E-state index contributed by atoms with van der Waals surface area (Å²) < 4.78 is 0. The van der Waals surface area contributed by atoms with E-state index in [1.807, 2.05) is 0 Å². The summed E-state index contributed by atoms with van der Waals surface area (Å²) in [6.07, 6.45) is 5.45. The first-order valence-electron chi connectivity index (χ1n) is 5.55. The Kier molecular flexibility index (Phi) is 2.61. The smallest absolute Gasteiger partial charge is 0.0471 e. The van der Waals surface area contributed by atoms with Crippen LogP contribution in [0.5, 0.6) is 0 Å². The van der Waals surface area contributed by atoms with E-state index in [4.69, 9.17) is 5.11 Å². The van der Waals surface area contributed by atoms with E-state index in [2.05, 4.69) is 11.8 Å². The van der Waals surface area contributed by atoms with Crippen molar-refractivity contribution < 1.29 is 5.11 Å². The fraction of sp³-hybridized carbons (Fsp3) is 1.00. The maximum atomic E-state index is 9.03. The fourth-order valence-electron chi connectivity index (χ4n) is 2.68. The van der Waals surface area contributed by atoms with Crippen LogP contribution in [-0.2, 0) is 0 Å². The lowest BCUT2D eigenvalue weighted by Crippen LogP contribution is -2.39. The number of likely N-dealkylation sites (tertiary alicyclic amines) is 1. The van der Waals surface area contributed by atoms with Crippen LogP contribution in [0, 0.1) is 11.3 Å². The molecular weight excluding hydrogens is 162 g/mol. The number of hydrogen-bond donors (Lipinski definition) is 1. The van der Waals surface area contributed by atoms with E-state index in [0.29, 0.717) is 17.9 Å². The van der Waals surface area contributed by atoms with Gasteiger partial charge in [-0.2, -0.15) is 0 Å². The van der Waals surface area contributed by atoms with Crippen molar-refractivity contribution in [2.24, 2.45) is 11.3 Å². The van der Waals surface area contributed by atoms with E-state index >= 15 is 0 Å². The summed E-state index contributed by atoms with van der Waals surface area (Å²) in [6.45, 7) is 6.40. The Bertz CT molecular complexity index is 177. The molecule has 2 heteroatoms. The second-order valence-electron chi connectivity index (χ2n) is 5.24. The zero-order valence-electron chi connectivity index (χ0n) is 8.63. The zero-order chi connectivity index (χ0) is 9.31. The summed E-state index contributed by atoms with van der Waals surface area (Å²) in [5.74, 6) is 0.559. The quantitative estimate of drug-likeness (QED) is 0.716. The van der Waals surface area contributed by atoms with Gasteiger partial charge in [0.25, 0.3) is 0 Å². The van der Waals surface area contributed by atoms with Crippen molar-refractivity contribution in [2.75, 3.05) is 26.2 Å². The SMILES string of the molecule is CC1(CN2CC[C@@H](CO)C2)CCC1. The van der Waals surface area contributed by atoms with E-state index in [-0.39, 0.29) is 0 Å². The van der Waals surface area contributed by atoms with Crippen LogP contribution in [0.25, 0.3) is 0 Å². The molecule has 2 aliphatic rings. The van der Waals surface area contributed by atoms with E-state index in [9.17, 15) is 0 Å². The topological polar surface area (TPSA) is 23.5 Å². The zero-order valence-corrected chi connectivity index (χ0v) is 8.63. The molecule has 76 valence electrons. The minimum Gasteiger partial charge on any atom is -0.396 e. The van der Waals surface area contributed by atoms with Crippen LogP contribution >= 0.6 is 0 Å². The Morgan fingerprint density at radius 2 is 2.23 bits per heavy atom. The molecule has 1 heterocycles. The molecule has 0 aromatic rings. The summed E-state index contributed by atoms with van der Waals surface area (Å²) in [4.78, 5) is 2.54. The van der Waals surface area contributed by atoms with Gasteiger partial charge in [0.15, 0.2) is 0 Å². The Morgan fingerprint density at radius 3 is 2.69 bits per heavy atom. The van der Waals surface area contributed by atoms with Gasteiger partial charge in [0.05, 0.1) is 0 Å². The summed E-state index contributed by atoms with van der Waals surface area (Å²) in [5.41, 5.74) is 0.615. The second kappa shape index (κ2) is 3.58. The van der Waals surface area contributed by atoms with Gasteiger partial charge in [0, 0.05) is 19.7 Å². The van der Waals surface area contributed by atoms with E-state index < -0.39 is 0 Å². The highest BCUT2D eigenvalue weighted by Gasteiger charge is 2.35. The van der Waals surface area contributed by atoms with Gasteiger partial charge in [-0.25, -0.2) is 0 Å².